The summed E-state index contributed by atoms with van der Waals surface area (Å²) in [6.45, 7) is 2.13. The number of fused-ring (bicyclic) bond motifs is 1. The van der Waals surface area contributed by atoms with Crippen LogP contribution in [0, 0.1) is 0 Å². The highest BCUT2D eigenvalue weighted by Crippen LogP contribution is 2.19. The van der Waals surface area contributed by atoms with Crippen molar-refractivity contribution in [1.82, 2.24) is 9.97 Å². The summed E-state index contributed by atoms with van der Waals surface area (Å²) in [6.07, 6.45) is 4.45. The number of anilines is 1. The SMILES string of the molecule is C[C@H]1Cc2nccnc2N1. The maximum atomic E-state index is 4.18. The predicted molar refractivity (Wildman–Crippen MR) is 38.8 cm³/mol. The van der Waals surface area contributed by atoms with Gasteiger partial charge in [-0.25, -0.2) is 4.98 Å². The Labute approximate surface area is 59.5 Å². The second-order valence-electron chi connectivity index (χ2n) is 2.60. The molecule has 0 unspecified atom stereocenters. The van der Waals surface area contributed by atoms with E-state index in [2.05, 4.69) is 22.2 Å². The zero-order valence-electron chi connectivity index (χ0n) is 5.83. The molecule has 0 spiro atoms. The monoisotopic (exact) mass is 135 g/mol. The van der Waals surface area contributed by atoms with Gasteiger partial charge < -0.3 is 5.32 Å². The normalized spacial score (nSPS) is 21.9. The van der Waals surface area contributed by atoms with E-state index in [1.54, 1.807) is 12.4 Å². The minimum atomic E-state index is 0.498. The van der Waals surface area contributed by atoms with Crippen LogP contribution in [0.4, 0.5) is 5.82 Å². The van der Waals surface area contributed by atoms with Crippen molar-refractivity contribution in [3.63, 3.8) is 0 Å². The number of aromatic nitrogens is 2. The van der Waals surface area contributed by atoms with Crippen LogP contribution in [0.2, 0.25) is 0 Å². The average molecular weight is 135 g/mol. The number of hydrogen-bond acceptors (Lipinski definition) is 3. The highest BCUT2D eigenvalue weighted by Gasteiger charge is 2.17. The molecule has 3 nitrogen and oxygen atoms in total. The van der Waals surface area contributed by atoms with Crippen molar-refractivity contribution in [2.75, 3.05) is 5.32 Å². The molecule has 0 amide bonds. The van der Waals surface area contributed by atoms with Crippen LogP contribution in [-0.4, -0.2) is 16.0 Å². The smallest absolute Gasteiger partial charge is 0.148 e. The molecule has 1 atom stereocenters. The van der Waals surface area contributed by atoms with E-state index in [1.807, 2.05) is 0 Å². The Bertz CT molecular complexity index is 221. The highest BCUT2D eigenvalue weighted by atomic mass is 15.1. The van der Waals surface area contributed by atoms with Gasteiger partial charge in [0, 0.05) is 24.9 Å². The fraction of sp³-hybridized carbons (Fsp3) is 0.429. The summed E-state index contributed by atoms with van der Waals surface area (Å²) in [5.74, 6) is 0.954. The first-order valence-corrected chi connectivity index (χ1v) is 3.42. The van der Waals surface area contributed by atoms with Gasteiger partial charge in [-0.15, -0.1) is 0 Å². The molecule has 1 aliphatic rings. The quantitative estimate of drug-likeness (QED) is 0.572. The molecular formula is C7H9N3. The Morgan fingerprint density at radius 3 is 3.10 bits per heavy atom. The summed E-state index contributed by atoms with van der Waals surface area (Å²) in [5, 5.41) is 3.22. The summed E-state index contributed by atoms with van der Waals surface area (Å²) in [5.41, 5.74) is 1.09. The molecule has 1 aromatic rings. The molecule has 52 valence electrons. The summed E-state index contributed by atoms with van der Waals surface area (Å²) >= 11 is 0. The molecule has 2 rings (SSSR count). The molecule has 0 bridgehead atoms. The first-order chi connectivity index (χ1) is 4.86. The molecule has 1 aromatic heterocycles. The molecule has 0 radical (unpaired) electrons. The Morgan fingerprint density at radius 1 is 1.50 bits per heavy atom. The molecule has 0 saturated heterocycles. The van der Waals surface area contributed by atoms with Crippen LogP contribution in [0.15, 0.2) is 12.4 Å². The molecular weight excluding hydrogens is 126 g/mol. The van der Waals surface area contributed by atoms with E-state index in [-0.39, 0.29) is 0 Å². The second-order valence-corrected chi connectivity index (χ2v) is 2.60. The summed E-state index contributed by atoms with van der Waals surface area (Å²) in [4.78, 5) is 8.32. The van der Waals surface area contributed by atoms with Crippen molar-refractivity contribution in [3.05, 3.63) is 18.1 Å². The first kappa shape index (κ1) is 5.65. The van der Waals surface area contributed by atoms with Gasteiger partial charge in [-0.2, -0.15) is 0 Å². The van der Waals surface area contributed by atoms with E-state index >= 15 is 0 Å². The minimum absolute atomic E-state index is 0.498. The third-order valence-electron chi connectivity index (χ3n) is 1.66. The van der Waals surface area contributed by atoms with Gasteiger partial charge in [0.25, 0.3) is 0 Å². The number of nitrogens with zero attached hydrogens (tertiary/aromatic N) is 2. The van der Waals surface area contributed by atoms with E-state index in [1.165, 1.54) is 0 Å². The van der Waals surface area contributed by atoms with Gasteiger partial charge in [0.1, 0.15) is 5.82 Å². The van der Waals surface area contributed by atoms with E-state index in [9.17, 15) is 0 Å². The molecule has 0 aliphatic carbocycles. The number of nitrogens with one attached hydrogen (secondary N) is 1. The Kier molecular flexibility index (Phi) is 1.09. The topological polar surface area (TPSA) is 37.8 Å². The lowest BCUT2D eigenvalue weighted by atomic mass is 10.2. The van der Waals surface area contributed by atoms with Crippen molar-refractivity contribution in [1.29, 1.82) is 0 Å². The summed E-state index contributed by atoms with van der Waals surface area (Å²) in [7, 11) is 0. The van der Waals surface area contributed by atoms with Gasteiger partial charge in [-0.05, 0) is 6.92 Å². The maximum Gasteiger partial charge on any atom is 0.148 e. The molecule has 1 N–H and O–H groups in total. The maximum absolute atomic E-state index is 4.18. The lowest BCUT2D eigenvalue weighted by Crippen LogP contribution is -2.08. The zero-order chi connectivity index (χ0) is 6.97. The minimum Gasteiger partial charge on any atom is -0.366 e. The van der Waals surface area contributed by atoms with Crippen LogP contribution in [0.1, 0.15) is 12.6 Å². The van der Waals surface area contributed by atoms with Gasteiger partial charge >= 0.3 is 0 Å². The lowest BCUT2D eigenvalue weighted by Gasteiger charge is -1.98. The van der Waals surface area contributed by atoms with Gasteiger partial charge in [-0.3, -0.25) is 4.98 Å². The van der Waals surface area contributed by atoms with Crippen molar-refractivity contribution < 1.29 is 0 Å². The molecule has 10 heavy (non-hydrogen) atoms. The molecule has 0 aromatic carbocycles. The molecule has 3 heteroatoms. The standard InChI is InChI=1S/C7H9N3/c1-5-4-6-7(10-5)9-3-2-8-6/h2-3,5H,4H2,1H3,(H,9,10)/t5-/m0/s1. The lowest BCUT2D eigenvalue weighted by molar-refractivity contribution is 0.824. The second kappa shape index (κ2) is 1.94. The van der Waals surface area contributed by atoms with Crippen LogP contribution in [0.5, 0.6) is 0 Å². The predicted octanol–water partition coefficient (Wildman–Crippen LogP) is 0.833. The summed E-state index contributed by atoms with van der Waals surface area (Å²) < 4.78 is 0. The third-order valence-corrected chi connectivity index (χ3v) is 1.66. The van der Waals surface area contributed by atoms with E-state index < -0.39 is 0 Å². The first-order valence-electron chi connectivity index (χ1n) is 3.42. The van der Waals surface area contributed by atoms with Crippen molar-refractivity contribution in [3.8, 4) is 0 Å². The van der Waals surface area contributed by atoms with E-state index in [0.29, 0.717) is 6.04 Å². The number of rotatable bonds is 0. The average Bonchev–Trinajstić information content (AvgIpc) is 2.27. The largest absolute Gasteiger partial charge is 0.366 e. The molecule has 0 saturated carbocycles. The van der Waals surface area contributed by atoms with Crippen LogP contribution >= 0.6 is 0 Å². The van der Waals surface area contributed by atoms with Crippen LogP contribution in [-0.2, 0) is 6.42 Å². The van der Waals surface area contributed by atoms with E-state index in [4.69, 9.17) is 0 Å². The van der Waals surface area contributed by atoms with Crippen LogP contribution < -0.4 is 5.32 Å². The van der Waals surface area contributed by atoms with Gasteiger partial charge in [0.2, 0.25) is 0 Å². The Hall–Kier alpha value is -1.12. The van der Waals surface area contributed by atoms with Gasteiger partial charge in [0.05, 0.1) is 5.69 Å². The zero-order valence-corrected chi connectivity index (χ0v) is 5.83. The molecule has 0 fully saturated rings. The van der Waals surface area contributed by atoms with Gasteiger partial charge in [0.15, 0.2) is 0 Å². The third kappa shape index (κ3) is 0.744. The van der Waals surface area contributed by atoms with Crippen LogP contribution in [0.25, 0.3) is 0 Å². The van der Waals surface area contributed by atoms with Crippen molar-refractivity contribution in [2.45, 2.75) is 19.4 Å². The molecule has 2 heterocycles. The van der Waals surface area contributed by atoms with E-state index in [0.717, 1.165) is 17.9 Å². The number of hydrogen-bond donors (Lipinski definition) is 1. The van der Waals surface area contributed by atoms with Gasteiger partial charge in [-0.1, -0.05) is 0 Å². The highest BCUT2D eigenvalue weighted by molar-refractivity contribution is 5.45. The van der Waals surface area contributed by atoms with Crippen molar-refractivity contribution in [2.24, 2.45) is 0 Å². The van der Waals surface area contributed by atoms with Crippen LogP contribution in [0.3, 0.4) is 0 Å². The fourth-order valence-electron chi connectivity index (χ4n) is 1.21. The summed E-state index contributed by atoms with van der Waals surface area (Å²) in [6, 6.07) is 0.498. The molecule has 1 aliphatic heterocycles. The van der Waals surface area contributed by atoms with Crippen molar-refractivity contribution >= 4 is 5.82 Å². The Morgan fingerprint density at radius 2 is 2.30 bits per heavy atom. The fourth-order valence-corrected chi connectivity index (χ4v) is 1.21. The Balaban J connectivity index is 2.42.